The lowest BCUT2D eigenvalue weighted by Crippen LogP contribution is -2.18. The Labute approximate surface area is 142 Å². The van der Waals surface area contributed by atoms with Crippen LogP contribution in [0.2, 0.25) is 0 Å². The number of anilines is 4. The van der Waals surface area contributed by atoms with Gasteiger partial charge in [-0.15, -0.1) is 5.10 Å². The van der Waals surface area contributed by atoms with Gasteiger partial charge >= 0.3 is 0 Å². The predicted molar refractivity (Wildman–Crippen MR) is 98.1 cm³/mol. The van der Waals surface area contributed by atoms with Crippen LogP contribution in [0.4, 0.5) is 23.1 Å². The van der Waals surface area contributed by atoms with Crippen LogP contribution in [0.5, 0.6) is 0 Å². The van der Waals surface area contributed by atoms with Crippen molar-refractivity contribution in [1.82, 2.24) is 15.2 Å². The van der Waals surface area contributed by atoms with Crippen molar-refractivity contribution >= 4 is 23.1 Å². The standard InChI is InChI=1S/C19H21N5/c1-3-15-10-8-9-13-17(15)21-19-22-18(14-20-23-19)24(4-2)16-11-6-5-7-12-16/h5-14H,3-4H2,1-2H3,(H,21,22,23). The van der Waals surface area contributed by atoms with Gasteiger partial charge in [0.15, 0.2) is 5.82 Å². The molecule has 0 unspecified atom stereocenters. The highest BCUT2D eigenvalue weighted by atomic mass is 15.3. The Kier molecular flexibility index (Phi) is 5.01. The number of aromatic nitrogens is 3. The number of rotatable bonds is 6. The first kappa shape index (κ1) is 15.9. The van der Waals surface area contributed by atoms with Crippen LogP contribution < -0.4 is 10.2 Å². The van der Waals surface area contributed by atoms with Crippen LogP contribution in [0.25, 0.3) is 0 Å². The highest BCUT2D eigenvalue weighted by Gasteiger charge is 2.11. The number of nitrogens with one attached hydrogen (secondary N) is 1. The minimum Gasteiger partial charge on any atom is -0.325 e. The van der Waals surface area contributed by atoms with E-state index in [-0.39, 0.29) is 0 Å². The Bertz CT molecular complexity index is 789. The van der Waals surface area contributed by atoms with Crippen molar-refractivity contribution in [1.29, 1.82) is 0 Å². The van der Waals surface area contributed by atoms with Gasteiger partial charge in [-0.1, -0.05) is 43.3 Å². The first-order chi connectivity index (χ1) is 11.8. The van der Waals surface area contributed by atoms with Crippen molar-refractivity contribution in [3.63, 3.8) is 0 Å². The van der Waals surface area contributed by atoms with E-state index in [2.05, 4.69) is 57.4 Å². The quantitative estimate of drug-likeness (QED) is 0.732. The molecular weight excluding hydrogens is 298 g/mol. The molecule has 0 saturated carbocycles. The molecule has 122 valence electrons. The molecular formula is C19H21N5. The molecule has 2 aromatic carbocycles. The molecule has 1 N–H and O–H groups in total. The van der Waals surface area contributed by atoms with Gasteiger partial charge in [-0.05, 0) is 37.1 Å². The molecule has 5 heteroatoms. The fourth-order valence-corrected chi connectivity index (χ4v) is 2.63. The second-order valence-corrected chi connectivity index (χ2v) is 5.35. The van der Waals surface area contributed by atoms with Gasteiger partial charge in [0, 0.05) is 17.9 Å². The Hall–Kier alpha value is -2.95. The summed E-state index contributed by atoms with van der Waals surface area (Å²) in [6, 6.07) is 18.3. The van der Waals surface area contributed by atoms with E-state index in [0.717, 1.165) is 30.2 Å². The zero-order valence-electron chi connectivity index (χ0n) is 14.0. The van der Waals surface area contributed by atoms with Crippen LogP contribution >= 0.6 is 0 Å². The predicted octanol–water partition coefficient (Wildman–Crippen LogP) is 4.34. The van der Waals surface area contributed by atoms with E-state index < -0.39 is 0 Å². The lowest BCUT2D eigenvalue weighted by Gasteiger charge is -2.21. The van der Waals surface area contributed by atoms with Gasteiger partial charge in [0.25, 0.3) is 0 Å². The van der Waals surface area contributed by atoms with Crippen molar-refractivity contribution in [2.45, 2.75) is 20.3 Å². The summed E-state index contributed by atoms with van der Waals surface area (Å²) in [6.45, 7) is 5.02. The van der Waals surface area contributed by atoms with Gasteiger partial charge in [0.2, 0.25) is 5.95 Å². The first-order valence-corrected chi connectivity index (χ1v) is 8.19. The Morgan fingerprint density at radius 2 is 1.71 bits per heavy atom. The van der Waals surface area contributed by atoms with Crippen molar-refractivity contribution in [3.8, 4) is 0 Å². The summed E-state index contributed by atoms with van der Waals surface area (Å²) in [5, 5.41) is 11.5. The molecule has 5 nitrogen and oxygen atoms in total. The molecule has 0 aliphatic rings. The maximum atomic E-state index is 4.63. The number of nitrogens with zero attached hydrogens (tertiary/aromatic N) is 4. The van der Waals surface area contributed by atoms with E-state index in [1.165, 1.54) is 5.56 Å². The third kappa shape index (κ3) is 3.51. The van der Waals surface area contributed by atoms with Crippen LogP contribution in [0.15, 0.2) is 60.8 Å². The number of benzene rings is 2. The van der Waals surface area contributed by atoms with Crippen molar-refractivity contribution < 1.29 is 0 Å². The minimum atomic E-state index is 0.503. The Morgan fingerprint density at radius 3 is 2.46 bits per heavy atom. The summed E-state index contributed by atoms with van der Waals surface area (Å²) in [5.74, 6) is 1.28. The number of aryl methyl sites for hydroxylation is 1. The number of hydrogen-bond acceptors (Lipinski definition) is 5. The summed E-state index contributed by atoms with van der Waals surface area (Å²) in [6.07, 6.45) is 2.63. The van der Waals surface area contributed by atoms with Crippen LogP contribution in [0.1, 0.15) is 19.4 Å². The highest BCUT2D eigenvalue weighted by Crippen LogP contribution is 2.24. The van der Waals surface area contributed by atoms with Gasteiger partial charge in [0.05, 0.1) is 6.20 Å². The number of para-hydroxylation sites is 2. The van der Waals surface area contributed by atoms with Crippen LogP contribution in [-0.4, -0.2) is 21.7 Å². The minimum absolute atomic E-state index is 0.503. The second kappa shape index (κ2) is 7.55. The highest BCUT2D eigenvalue weighted by molar-refractivity contribution is 5.62. The van der Waals surface area contributed by atoms with Gasteiger partial charge in [-0.25, -0.2) is 0 Å². The molecule has 1 aromatic heterocycles. The molecule has 0 fully saturated rings. The molecule has 0 spiro atoms. The number of hydrogen-bond donors (Lipinski definition) is 1. The molecule has 1 heterocycles. The van der Waals surface area contributed by atoms with Gasteiger partial charge in [-0.2, -0.15) is 10.1 Å². The molecule has 24 heavy (non-hydrogen) atoms. The summed E-state index contributed by atoms with van der Waals surface area (Å²) in [7, 11) is 0. The largest absolute Gasteiger partial charge is 0.325 e. The molecule has 0 saturated heterocycles. The zero-order chi connectivity index (χ0) is 16.8. The average Bonchev–Trinajstić information content (AvgIpc) is 2.64. The summed E-state index contributed by atoms with van der Waals surface area (Å²) >= 11 is 0. The molecule has 0 aliphatic carbocycles. The Balaban J connectivity index is 1.89. The first-order valence-electron chi connectivity index (χ1n) is 8.19. The molecule has 0 amide bonds. The van der Waals surface area contributed by atoms with Crippen molar-refractivity contribution in [2.75, 3.05) is 16.8 Å². The van der Waals surface area contributed by atoms with E-state index in [9.17, 15) is 0 Å². The monoisotopic (exact) mass is 319 g/mol. The van der Waals surface area contributed by atoms with E-state index in [4.69, 9.17) is 0 Å². The van der Waals surface area contributed by atoms with Crippen LogP contribution in [0, 0.1) is 0 Å². The van der Waals surface area contributed by atoms with Gasteiger partial charge in [0.1, 0.15) is 0 Å². The van der Waals surface area contributed by atoms with Crippen LogP contribution in [0.3, 0.4) is 0 Å². The lowest BCUT2D eigenvalue weighted by molar-refractivity contribution is 0.921. The molecule has 3 rings (SSSR count). The van der Waals surface area contributed by atoms with E-state index in [0.29, 0.717) is 5.95 Å². The van der Waals surface area contributed by atoms with E-state index >= 15 is 0 Å². The third-order valence-corrected chi connectivity index (χ3v) is 3.85. The Morgan fingerprint density at radius 1 is 0.958 bits per heavy atom. The average molecular weight is 319 g/mol. The smallest absolute Gasteiger partial charge is 0.249 e. The molecule has 0 bridgehead atoms. The molecule has 0 aliphatic heterocycles. The maximum absolute atomic E-state index is 4.63. The second-order valence-electron chi connectivity index (χ2n) is 5.35. The van der Waals surface area contributed by atoms with E-state index in [1.807, 2.05) is 36.4 Å². The topological polar surface area (TPSA) is 53.9 Å². The molecule has 0 atom stereocenters. The molecule has 3 aromatic rings. The van der Waals surface area contributed by atoms with Crippen molar-refractivity contribution in [2.24, 2.45) is 0 Å². The lowest BCUT2D eigenvalue weighted by atomic mass is 10.1. The van der Waals surface area contributed by atoms with Gasteiger partial charge < -0.3 is 10.2 Å². The third-order valence-electron chi connectivity index (χ3n) is 3.85. The summed E-state index contributed by atoms with van der Waals surface area (Å²) in [4.78, 5) is 6.73. The zero-order valence-corrected chi connectivity index (χ0v) is 14.0. The van der Waals surface area contributed by atoms with E-state index in [1.54, 1.807) is 6.20 Å². The normalized spacial score (nSPS) is 10.4. The fraction of sp³-hybridized carbons (Fsp3) is 0.211. The summed E-state index contributed by atoms with van der Waals surface area (Å²) < 4.78 is 0. The molecule has 0 radical (unpaired) electrons. The maximum Gasteiger partial charge on any atom is 0.249 e. The van der Waals surface area contributed by atoms with Gasteiger partial charge in [-0.3, -0.25) is 0 Å². The van der Waals surface area contributed by atoms with Crippen LogP contribution in [-0.2, 0) is 6.42 Å². The summed E-state index contributed by atoms with van der Waals surface area (Å²) in [5.41, 5.74) is 3.32. The van der Waals surface area contributed by atoms with Crippen molar-refractivity contribution in [3.05, 3.63) is 66.4 Å². The SMILES string of the molecule is CCc1ccccc1Nc1nncc(N(CC)c2ccccc2)n1. The fourth-order valence-electron chi connectivity index (χ4n) is 2.63.